The van der Waals surface area contributed by atoms with Gasteiger partial charge in [0.25, 0.3) is 0 Å². The lowest BCUT2D eigenvalue weighted by atomic mass is 9.95. The fourth-order valence-corrected chi connectivity index (χ4v) is 1.00. The summed E-state index contributed by atoms with van der Waals surface area (Å²) in [6.45, 7) is 7.83. The minimum Gasteiger partial charge on any atom is -0.392 e. The summed E-state index contributed by atoms with van der Waals surface area (Å²) in [7, 11) is 0. The third kappa shape index (κ3) is 4.20. The molecule has 0 aliphatic rings. The van der Waals surface area contributed by atoms with Crippen molar-refractivity contribution in [2.75, 3.05) is 0 Å². The predicted octanol–water partition coefficient (Wildman–Crippen LogP) is 2.22. The molecule has 0 aromatic carbocycles. The van der Waals surface area contributed by atoms with E-state index in [0.717, 1.165) is 0 Å². The summed E-state index contributed by atoms with van der Waals surface area (Å²) >= 11 is 0. The molecule has 0 spiro atoms. The number of hydrogen-bond acceptors (Lipinski definition) is 1. The Morgan fingerprint density at radius 2 is 1.83 bits per heavy atom. The van der Waals surface area contributed by atoms with E-state index in [-0.39, 0.29) is 12.0 Å². The van der Waals surface area contributed by atoms with Crippen molar-refractivity contribution in [2.24, 2.45) is 11.8 Å². The largest absolute Gasteiger partial charge is 0.392 e. The molecule has 0 fully saturated rings. The highest BCUT2D eigenvalue weighted by molar-refractivity contribution is 5.14. The van der Waals surface area contributed by atoms with Gasteiger partial charge in [-0.05, 0) is 18.9 Å². The Morgan fingerprint density at radius 1 is 1.25 bits per heavy atom. The van der Waals surface area contributed by atoms with Crippen LogP contribution in [0, 0.1) is 23.7 Å². The molecule has 0 rings (SSSR count). The molecular formula is C11H18O. The van der Waals surface area contributed by atoms with E-state index in [1.807, 2.05) is 26.8 Å². The lowest BCUT2D eigenvalue weighted by Gasteiger charge is -2.18. The average Bonchev–Trinajstić information content (AvgIpc) is 2.03. The number of aliphatic hydroxyl groups is 1. The average molecular weight is 166 g/mol. The molecule has 1 N–H and O–H groups in total. The molecule has 0 aliphatic carbocycles. The molecular weight excluding hydrogens is 148 g/mol. The van der Waals surface area contributed by atoms with E-state index in [0.29, 0.717) is 5.92 Å². The van der Waals surface area contributed by atoms with Crippen LogP contribution in [0.4, 0.5) is 0 Å². The van der Waals surface area contributed by atoms with Crippen molar-refractivity contribution >= 4 is 0 Å². The van der Waals surface area contributed by atoms with E-state index in [9.17, 15) is 5.11 Å². The predicted molar refractivity (Wildman–Crippen MR) is 52.6 cm³/mol. The normalized spacial score (nSPS) is 15.8. The van der Waals surface area contributed by atoms with Crippen molar-refractivity contribution in [3.63, 3.8) is 0 Å². The quantitative estimate of drug-likeness (QED) is 0.637. The Hall–Kier alpha value is -0.740. The molecule has 0 aromatic rings. The second-order valence-electron chi connectivity index (χ2n) is 3.35. The second kappa shape index (κ2) is 5.85. The SMILES string of the molecule is CC#CC=C[C@@H](C)[C@@H](O)C(C)C. The van der Waals surface area contributed by atoms with Crippen molar-refractivity contribution < 1.29 is 5.11 Å². The Balaban J connectivity index is 3.99. The summed E-state index contributed by atoms with van der Waals surface area (Å²) in [5, 5.41) is 9.59. The van der Waals surface area contributed by atoms with Gasteiger partial charge in [-0.25, -0.2) is 0 Å². The maximum Gasteiger partial charge on any atom is 0.0623 e. The maximum absolute atomic E-state index is 9.59. The first-order chi connectivity index (χ1) is 5.59. The minimum absolute atomic E-state index is 0.186. The number of allylic oxidation sites excluding steroid dienone is 1. The van der Waals surface area contributed by atoms with Crippen LogP contribution in [0.2, 0.25) is 0 Å². The van der Waals surface area contributed by atoms with E-state index in [2.05, 4.69) is 11.8 Å². The molecule has 2 atom stereocenters. The topological polar surface area (TPSA) is 20.2 Å². The van der Waals surface area contributed by atoms with Gasteiger partial charge in [-0.3, -0.25) is 0 Å². The van der Waals surface area contributed by atoms with Crippen molar-refractivity contribution in [1.29, 1.82) is 0 Å². The fraction of sp³-hybridized carbons (Fsp3) is 0.636. The lowest BCUT2D eigenvalue weighted by molar-refractivity contribution is 0.0911. The van der Waals surface area contributed by atoms with Crippen molar-refractivity contribution in [3.05, 3.63) is 12.2 Å². The zero-order valence-electron chi connectivity index (χ0n) is 8.33. The van der Waals surface area contributed by atoms with Crippen LogP contribution < -0.4 is 0 Å². The summed E-state index contributed by atoms with van der Waals surface area (Å²) < 4.78 is 0. The van der Waals surface area contributed by atoms with Gasteiger partial charge in [0.15, 0.2) is 0 Å². The molecule has 0 radical (unpaired) electrons. The summed E-state index contributed by atoms with van der Waals surface area (Å²) in [6.07, 6.45) is 3.48. The first-order valence-corrected chi connectivity index (χ1v) is 4.36. The molecule has 0 heterocycles. The first-order valence-electron chi connectivity index (χ1n) is 4.36. The zero-order valence-corrected chi connectivity index (χ0v) is 8.33. The van der Waals surface area contributed by atoms with Crippen LogP contribution in [0.1, 0.15) is 27.7 Å². The van der Waals surface area contributed by atoms with Crippen LogP contribution in [0.25, 0.3) is 0 Å². The molecule has 0 aliphatic heterocycles. The van der Waals surface area contributed by atoms with Crippen LogP contribution in [-0.2, 0) is 0 Å². The maximum atomic E-state index is 9.59. The lowest BCUT2D eigenvalue weighted by Crippen LogP contribution is -2.21. The molecule has 12 heavy (non-hydrogen) atoms. The summed E-state index contributed by atoms with van der Waals surface area (Å²) in [6, 6.07) is 0. The van der Waals surface area contributed by atoms with Crippen LogP contribution in [-0.4, -0.2) is 11.2 Å². The van der Waals surface area contributed by atoms with Gasteiger partial charge in [0.2, 0.25) is 0 Å². The standard InChI is InChI=1S/C11H18O/c1-5-6-7-8-10(4)11(12)9(2)3/h7-12H,1-4H3/t10-,11+/m1/s1. The van der Waals surface area contributed by atoms with E-state index >= 15 is 0 Å². The van der Waals surface area contributed by atoms with Gasteiger partial charge in [-0.1, -0.05) is 32.8 Å². The molecule has 0 saturated carbocycles. The van der Waals surface area contributed by atoms with Crippen LogP contribution >= 0.6 is 0 Å². The summed E-state index contributed by atoms with van der Waals surface area (Å²) in [4.78, 5) is 0. The summed E-state index contributed by atoms with van der Waals surface area (Å²) in [5.41, 5.74) is 0. The smallest absolute Gasteiger partial charge is 0.0623 e. The highest BCUT2D eigenvalue weighted by Gasteiger charge is 2.14. The van der Waals surface area contributed by atoms with Crippen LogP contribution in [0.5, 0.6) is 0 Å². The minimum atomic E-state index is -0.264. The number of rotatable bonds is 3. The van der Waals surface area contributed by atoms with Gasteiger partial charge in [0, 0.05) is 5.92 Å². The van der Waals surface area contributed by atoms with Gasteiger partial charge in [-0.15, -0.1) is 5.92 Å². The molecule has 0 saturated heterocycles. The third-order valence-corrected chi connectivity index (χ3v) is 1.85. The van der Waals surface area contributed by atoms with E-state index in [4.69, 9.17) is 0 Å². The molecule has 0 aromatic heterocycles. The van der Waals surface area contributed by atoms with Gasteiger partial charge >= 0.3 is 0 Å². The Morgan fingerprint density at radius 3 is 2.25 bits per heavy atom. The molecule has 1 nitrogen and oxygen atoms in total. The second-order valence-corrected chi connectivity index (χ2v) is 3.35. The van der Waals surface area contributed by atoms with Gasteiger partial charge in [0.05, 0.1) is 6.10 Å². The Kier molecular flexibility index (Phi) is 5.49. The van der Waals surface area contributed by atoms with Crippen LogP contribution in [0.3, 0.4) is 0 Å². The van der Waals surface area contributed by atoms with Crippen molar-refractivity contribution in [1.82, 2.24) is 0 Å². The monoisotopic (exact) mass is 166 g/mol. The van der Waals surface area contributed by atoms with Crippen LogP contribution in [0.15, 0.2) is 12.2 Å². The first kappa shape index (κ1) is 11.3. The highest BCUT2D eigenvalue weighted by atomic mass is 16.3. The molecule has 0 unspecified atom stereocenters. The van der Waals surface area contributed by atoms with Gasteiger partial charge in [0.1, 0.15) is 0 Å². The van der Waals surface area contributed by atoms with Gasteiger partial charge < -0.3 is 5.11 Å². The molecule has 0 bridgehead atoms. The molecule has 68 valence electrons. The van der Waals surface area contributed by atoms with E-state index in [1.165, 1.54) is 0 Å². The van der Waals surface area contributed by atoms with Gasteiger partial charge in [-0.2, -0.15) is 0 Å². The highest BCUT2D eigenvalue weighted by Crippen LogP contribution is 2.12. The van der Waals surface area contributed by atoms with Crippen molar-refractivity contribution in [3.8, 4) is 11.8 Å². The summed E-state index contributed by atoms with van der Waals surface area (Å²) in [5.74, 6) is 6.09. The van der Waals surface area contributed by atoms with Crippen molar-refractivity contribution in [2.45, 2.75) is 33.8 Å². The fourth-order valence-electron chi connectivity index (χ4n) is 1.00. The Bertz CT molecular complexity index is 193. The van der Waals surface area contributed by atoms with E-state index < -0.39 is 0 Å². The zero-order chi connectivity index (χ0) is 9.56. The molecule has 0 amide bonds. The Labute approximate surface area is 75.5 Å². The molecule has 1 heteroatoms. The third-order valence-electron chi connectivity index (χ3n) is 1.85. The van der Waals surface area contributed by atoms with E-state index in [1.54, 1.807) is 13.0 Å². The number of hydrogen-bond donors (Lipinski definition) is 1. The number of aliphatic hydroxyl groups excluding tert-OH is 1.